The van der Waals surface area contributed by atoms with Gasteiger partial charge in [-0.3, -0.25) is 0 Å². The van der Waals surface area contributed by atoms with Crippen LogP contribution >= 0.6 is 0 Å². The average Bonchev–Trinajstić information content (AvgIpc) is 2.03. The van der Waals surface area contributed by atoms with Crippen LogP contribution in [0.4, 0.5) is 0 Å². The van der Waals surface area contributed by atoms with E-state index in [1.165, 1.54) is 32.4 Å². The van der Waals surface area contributed by atoms with Crippen LogP contribution in [0.5, 0.6) is 0 Å². The fourth-order valence-electron chi connectivity index (χ4n) is 1.35. The SMILES string of the molecule is CCC(CC)CNCCC(C)(C)C. The van der Waals surface area contributed by atoms with Gasteiger partial charge in [-0.2, -0.15) is 0 Å². The zero-order chi connectivity index (χ0) is 10.3. The van der Waals surface area contributed by atoms with E-state index in [1.807, 2.05) is 0 Å². The van der Waals surface area contributed by atoms with Gasteiger partial charge in [-0.15, -0.1) is 0 Å². The molecule has 0 radical (unpaired) electrons. The third-order valence-electron chi connectivity index (χ3n) is 2.64. The van der Waals surface area contributed by atoms with Gasteiger partial charge < -0.3 is 5.32 Å². The summed E-state index contributed by atoms with van der Waals surface area (Å²) >= 11 is 0. The molecule has 0 aromatic rings. The highest BCUT2D eigenvalue weighted by Gasteiger charge is 2.09. The standard InChI is InChI=1S/C12H27N/c1-6-11(7-2)10-13-9-8-12(3,4)5/h11,13H,6-10H2,1-5H3. The van der Waals surface area contributed by atoms with E-state index < -0.39 is 0 Å². The molecule has 0 amide bonds. The lowest BCUT2D eigenvalue weighted by Gasteiger charge is -2.19. The van der Waals surface area contributed by atoms with Crippen molar-refractivity contribution >= 4 is 0 Å². The van der Waals surface area contributed by atoms with Gasteiger partial charge >= 0.3 is 0 Å². The second kappa shape index (κ2) is 6.42. The van der Waals surface area contributed by atoms with Gasteiger partial charge in [0.1, 0.15) is 0 Å². The van der Waals surface area contributed by atoms with Crippen LogP contribution in [0.15, 0.2) is 0 Å². The maximum Gasteiger partial charge on any atom is -0.00207 e. The van der Waals surface area contributed by atoms with Gasteiger partial charge in [0.15, 0.2) is 0 Å². The van der Waals surface area contributed by atoms with Crippen LogP contribution < -0.4 is 5.32 Å². The Kier molecular flexibility index (Phi) is 6.40. The summed E-state index contributed by atoms with van der Waals surface area (Å²) in [6, 6.07) is 0. The molecule has 0 aromatic carbocycles. The minimum absolute atomic E-state index is 0.473. The van der Waals surface area contributed by atoms with Crippen LogP contribution in [-0.4, -0.2) is 13.1 Å². The van der Waals surface area contributed by atoms with E-state index in [4.69, 9.17) is 0 Å². The fraction of sp³-hybridized carbons (Fsp3) is 1.00. The molecule has 0 aromatic heterocycles. The van der Waals surface area contributed by atoms with E-state index in [0.29, 0.717) is 5.41 Å². The molecule has 0 aliphatic heterocycles. The molecule has 0 aliphatic rings. The van der Waals surface area contributed by atoms with Crippen molar-refractivity contribution in [2.24, 2.45) is 11.3 Å². The lowest BCUT2D eigenvalue weighted by molar-refractivity contribution is 0.353. The van der Waals surface area contributed by atoms with Gasteiger partial charge in [-0.05, 0) is 30.8 Å². The fourth-order valence-corrected chi connectivity index (χ4v) is 1.35. The van der Waals surface area contributed by atoms with Crippen LogP contribution in [-0.2, 0) is 0 Å². The largest absolute Gasteiger partial charge is 0.316 e. The Balaban J connectivity index is 3.34. The van der Waals surface area contributed by atoms with Crippen molar-refractivity contribution in [3.63, 3.8) is 0 Å². The summed E-state index contributed by atoms with van der Waals surface area (Å²) in [6.07, 6.45) is 3.88. The van der Waals surface area contributed by atoms with E-state index in [2.05, 4.69) is 39.9 Å². The highest BCUT2D eigenvalue weighted by molar-refractivity contribution is 4.64. The number of nitrogens with one attached hydrogen (secondary N) is 1. The Bertz CT molecular complexity index is 109. The second-order valence-corrected chi connectivity index (χ2v) is 5.20. The smallest absolute Gasteiger partial charge is 0.00207 e. The van der Waals surface area contributed by atoms with Gasteiger partial charge in [-0.25, -0.2) is 0 Å². The zero-order valence-corrected chi connectivity index (χ0v) is 10.1. The Hall–Kier alpha value is -0.0400. The van der Waals surface area contributed by atoms with Gasteiger partial charge in [0.05, 0.1) is 0 Å². The first-order valence-electron chi connectivity index (χ1n) is 5.70. The maximum absolute atomic E-state index is 3.54. The van der Waals surface area contributed by atoms with Crippen LogP contribution in [0.1, 0.15) is 53.9 Å². The first-order chi connectivity index (χ1) is 5.99. The minimum atomic E-state index is 0.473. The molecule has 0 unspecified atom stereocenters. The first kappa shape index (κ1) is 13.0. The molecule has 80 valence electrons. The molecule has 0 atom stereocenters. The summed E-state index contributed by atoms with van der Waals surface area (Å²) in [5, 5.41) is 3.54. The van der Waals surface area contributed by atoms with Crippen molar-refractivity contribution in [3.8, 4) is 0 Å². The lowest BCUT2D eigenvalue weighted by Crippen LogP contribution is -2.25. The second-order valence-electron chi connectivity index (χ2n) is 5.20. The Morgan fingerprint density at radius 2 is 1.62 bits per heavy atom. The molecule has 1 heteroatoms. The molecular formula is C12H27N. The van der Waals surface area contributed by atoms with Crippen LogP contribution in [0.3, 0.4) is 0 Å². The highest BCUT2D eigenvalue weighted by atomic mass is 14.9. The molecular weight excluding hydrogens is 158 g/mol. The summed E-state index contributed by atoms with van der Waals surface area (Å²) in [5.41, 5.74) is 0.473. The van der Waals surface area contributed by atoms with E-state index in [1.54, 1.807) is 0 Å². The predicted octanol–water partition coefficient (Wildman–Crippen LogP) is 3.45. The van der Waals surface area contributed by atoms with Crippen molar-refractivity contribution in [3.05, 3.63) is 0 Å². The molecule has 1 N–H and O–H groups in total. The zero-order valence-electron chi connectivity index (χ0n) is 10.1. The van der Waals surface area contributed by atoms with Crippen molar-refractivity contribution in [2.75, 3.05) is 13.1 Å². The molecule has 1 nitrogen and oxygen atoms in total. The van der Waals surface area contributed by atoms with Gasteiger partial charge in [0.25, 0.3) is 0 Å². The molecule has 0 aliphatic carbocycles. The number of hydrogen-bond acceptors (Lipinski definition) is 1. The van der Waals surface area contributed by atoms with Crippen LogP contribution in [0, 0.1) is 11.3 Å². The molecule has 0 spiro atoms. The van der Waals surface area contributed by atoms with Crippen molar-refractivity contribution in [2.45, 2.75) is 53.9 Å². The molecule has 0 heterocycles. The van der Waals surface area contributed by atoms with Crippen LogP contribution in [0.2, 0.25) is 0 Å². The van der Waals surface area contributed by atoms with Gasteiger partial charge in [-0.1, -0.05) is 47.5 Å². The number of hydrogen-bond donors (Lipinski definition) is 1. The third-order valence-corrected chi connectivity index (χ3v) is 2.64. The van der Waals surface area contributed by atoms with Crippen LogP contribution in [0.25, 0.3) is 0 Å². The Morgan fingerprint density at radius 1 is 1.08 bits per heavy atom. The molecule has 13 heavy (non-hydrogen) atoms. The monoisotopic (exact) mass is 185 g/mol. The van der Waals surface area contributed by atoms with E-state index >= 15 is 0 Å². The summed E-state index contributed by atoms with van der Waals surface area (Å²) < 4.78 is 0. The van der Waals surface area contributed by atoms with Gasteiger partial charge in [0.2, 0.25) is 0 Å². The highest BCUT2D eigenvalue weighted by Crippen LogP contribution is 2.17. The van der Waals surface area contributed by atoms with Gasteiger partial charge in [0, 0.05) is 0 Å². The minimum Gasteiger partial charge on any atom is -0.316 e. The summed E-state index contributed by atoms with van der Waals surface area (Å²) in [6.45, 7) is 13.8. The van der Waals surface area contributed by atoms with E-state index in [-0.39, 0.29) is 0 Å². The summed E-state index contributed by atoms with van der Waals surface area (Å²) in [4.78, 5) is 0. The molecule has 0 rings (SSSR count). The molecule has 0 bridgehead atoms. The Morgan fingerprint density at radius 3 is 2.00 bits per heavy atom. The van der Waals surface area contributed by atoms with E-state index in [0.717, 1.165) is 5.92 Å². The Labute approximate surface area is 84.3 Å². The van der Waals surface area contributed by atoms with Crippen molar-refractivity contribution < 1.29 is 0 Å². The number of rotatable bonds is 6. The summed E-state index contributed by atoms with van der Waals surface area (Å²) in [5.74, 6) is 0.875. The molecule has 0 saturated heterocycles. The average molecular weight is 185 g/mol. The normalized spacial score (nSPS) is 12.5. The van der Waals surface area contributed by atoms with E-state index in [9.17, 15) is 0 Å². The topological polar surface area (TPSA) is 12.0 Å². The quantitative estimate of drug-likeness (QED) is 0.625. The van der Waals surface area contributed by atoms with Crippen molar-refractivity contribution in [1.29, 1.82) is 0 Å². The predicted molar refractivity (Wildman–Crippen MR) is 61.0 cm³/mol. The molecule has 0 saturated carbocycles. The molecule has 0 fully saturated rings. The lowest BCUT2D eigenvalue weighted by atomic mass is 9.92. The third kappa shape index (κ3) is 8.29. The van der Waals surface area contributed by atoms with Crippen molar-refractivity contribution in [1.82, 2.24) is 5.32 Å². The first-order valence-corrected chi connectivity index (χ1v) is 5.70. The summed E-state index contributed by atoms with van der Waals surface area (Å²) in [7, 11) is 0. The maximum atomic E-state index is 3.54.